The molecule has 6 heteroatoms. The number of para-hydroxylation sites is 6. The average Bonchev–Trinajstić information content (AvgIpc) is 3.91. The zero-order chi connectivity index (χ0) is 44.5. The summed E-state index contributed by atoms with van der Waals surface area (Å²) in [5.41, 5.74) is 11.8. The van der Waals surface area contributed by atoms with Gasteiger partial charge in [0.15, 0.2) is 0 Å². The molecule has 0 aliphatic carbocycles. The predicted octanol–water partition coefficient (Wildman–Crippen LogP) is 14.4. The Balaban J connectivity index is 0.938. The van der Waals surface area contributed by atoms with Gasteiger partial charge in [0.1, 0.15) is 34.5 Å². The van der Waals surface area contributed by atoms with Crippen molar-refractivity contribution in [3.05, 3.63) is 224 Å². The third-order valence-corrected chi connectivity index (χ3v) is 14.3. The van der Waals surface area contributed by atoms with Crippen LogP contribution >= 0.6 is 0 Å². The highest BCUT2D eigenvalue weighted by Crippen LogP contribution is 2.45. The predicted molar refractivity (Wildman–Crippen MR) is 280 cm³/mol. The van der Waals surface area contributed by atoms with E-state index in [1.54, 1.807) is 0 Å². The molecule has 13 aromatic rings. The van der Waals surface area contributed by atoms with E-state index in [-0.39, 0.29) is 6.71 Å². The molecule has 4 heterocycles. The molecule has 0 fully saturated rings. The van der Waals surface area contributed by atoms with Crippen LogP contribution in [0.4, 0.5) is 0 Å². The summed E-state index contributed by atoms with van der Waals surface area (Å²) in [5.74, 6) is 4.35. The minimum absolute atomic E-state index is 0.202. The zero-order valence-corrected chi connectivity index (χ0v) is 36.6. The largest absolute Gasteiger partial charge is 0.457 e. The van der Waals surface area contributed by atoms with Crippen molar-refractivity contribution in [2.24, 2.45) is 0 Å². The van der Waals surface area contributed by atoms with E-state index in [9.17, 15) is 0 Å². The number of hydrogen-bond acceptors (Lipinski definition) is 3. The fourth-order valence-corrected chi connectivity index (χ4v) is 11.4. The number of hydrogen-bond donors (Lipinski definition) is 0. The lowest BCUT2D eigenvalue weighted by atomic mass is 9.34. The van der Waals surface area contributed by atoms with Crippen molar-refractivity contribution >= 4 is 88.3 Å². The standard InChI is InChI=1S/C62H37BN2O3/c1-2-19-42-39(16-1)35-49(44-21-4-3-20-43(42)44)38-17-13-18-40(34-38)66-41-36-58-60-59(37-41)68-62-51(27-15-33-57(62)65-54-30-11-7-24-47(54)48-25-8-12-31-55(48)65)63(60)50-26-14-32-56(61(50)67-58)64-52-28-9-5-22-45(52)46-23-6-10-29-53(46)64/h1-37H. The molecule has 0 radical (unpaired) electrons. The Morgan fingerprint density at radius 2 is 0.809 bits per heavy atom. The molecule has 0 N–H and O–H groups in total. The maximum absolute atomic E-state index is 7.28. The minimum Gasteiger partial charge on any atom is -0.457 e. The number of rotatable bonds is 5. The molecular weight excluding hydrogens is 832 g/mol. The van der Waals surface area contributed by atoms with Gasteiger partial charge in [0, 0.05) is 39.1 Å². The van der Waals surface area contributed by atoms with Crippen LogP contribution in [0.15, 0.2) is 224 Å². The Bertz CT molecular complexity index is 3980. The lowest BCUT2D eigenvalue weighted by molar-refractivity contribution is 0.442. The molecule has 5 nitrogen and oxygen atoms in total. The molecule has 2 aliphatic rings. The van der Waals surface area contributed by atoms with Crippen molar-refractivity contribution < 1.29 is 14.2 Å². The Morgan fingerprint density at radius 1 is 0.353 bits per heavy atom. The van der Waals surface area contributed by atoms with Gasteiger partial charge in [0.05, 0.1) is 33.4 Å². The number of nitrogens with zero attached hydrogens (tertiary/aromatic N) is 2. The first-order valence-corrected chi connectivity index (χ1v) is 23.2. The van der Waals surface area contributed by atoms with Crippen LogP contribution < -0.4 is 30.6 Å². The lowest BCUT2D eigenvalue weighted by Gasteiger charge is -2.35. The molecule has 68 heavy (non-hydrogen) atoms. The molecule has 0 amide bonds. The summed E-state index contributed by atoms with van der Waals surface area (Å²) >= 11 is 0. The molecular formula is C62H37BN2O3. The van der Waals surface area contributed by atoms with Gasteiger partial charge in [-0.3, -0.25) is 0 Å². The zero-order valence-electron chi connectivity index (χ0n) is 36.6. The molecule has 0 atom stereocenters. The van der Waals surface area contributed by atoms with Gasteiger partial charge in [-0.1, -0.05) is 158 Å². The van der Waals surface area contributed by atoms with Crippen molar-refractivity contribution in [1.29, 1.82) is 0 Å². The summed E-state index contributed by atoms with van der Waals surface area (Å²) in [5, 5.41) is 9.65. The molecule has 0 saturated heterocycles. The van der Waals surface area contributed by atoms with Gasteiger partial charge in [-0.25, -0.2) is 0 Å². The van der Waals surface area contributed by atoms with Crippen LogP contribution in [0.5, 0.6) is 34.5 Å². The normalized spacial score (nSPS) is 12.6. The summed E-state index contributed by atoms with van der Waals surface area (Å²) in [7, 11) is 0. The van der Waals surface area contributed by atoms with Gasteiger partial charge < -0.3 is 23.3 Å². The second-order valence-electron chi connectivity index (χ2n) is 17.9. The van der Waals surface area contributed by atoms with Crippen LogP contribution in [0, 0.1) is 0 Å². The highest BCUT2D eigenvalue weighted by Gasteiger charge is 2.43. The first-order valence-electron chi connectivity index (χ1n) is 23.2. The smallest absolute Gasteiger partial charge is 0.260 e. The summed E-state index contributed by atoms with van der Waals surface area (Å²) in [6.07, 6.45) is 0. The van der Waals surface area contributed by atoms with E-state index >= 15 is 0 Å². The topological polar surface area (TPSA) is 37.5 Å². The molecule has 15 rings (SSSR count). The van der Waals surface area contributed by atoms with E-state index in [0.29, 0.717) is 23.0 Å². The summed E-state index contributed by atoms with van der Waals surface area (Å²) in [6.45, 7) is -0.202. The van der Waals surface area contributed by atoms with E-state index in [1.165, 1.54) is 43.1 Å². The Morgan fingerprint density at radius 3 is 1.35 bits per heavy atom. The summed E-state index contributed by atoms with van der Waals surface area (Å²) < 4.78 is 26.2. The van der Waals surface area contributed by atoms with Crippen molar-refractivity contribution in [3.63, 3.8) is 0 Å². The Labute approximate surface area is 391 Å². The van der Waals surface area contributed by atoms with Crippen LogP contribution in [-0.4, -0.2) is 15.8 Å². The second-order valence-corrected chi connectivity index (χ2v) is 17.9. The number of benzene rings is 11. The van der Waals surface area contributed by atoms with Crippen molar-refractivity contribution in [1.82, 2.24) is 9.13 Å². The van der Waals surface area contributed by atoms with Crippen LogP contribution in [0.25, 0.3) is 87.7 Å². The minimum atomic E-state index is -0.202. The van der Waals surface area contributed by atoms with Gasteiger partial charge >= 0.3 is 0 Å². The van der Waals surface area contributed by atoms with Gasteiger partial charge in [0.25, 0.3) is 6.71 Å². The highest BCUT2D eigenvalue weighted by atomic mass is 16.5. The van der Waals surface area contributed by atoms with Crippen LogP contribution in [0.1, 0.15) is 0 Å². The summed E-state index contributed by atoms with van der Waals surface area (Å²) in [4.78, 5) is 0. The average molecular weight is 869 g/mol. The van der Waals surface area contributed by atoms with E-state index in [2.05, 4.69) is 215 Å². The third kappa shape index (κ3) is 5.34. The first-order chi connectivity index (χ1) is 33.7. The van der Waals surface area contributed by atoms with E-state index < -0.39 is 0 Å². The van der Waals surface area contributed by atoms with Gasteiger partial charge in [-0.2, -0.15) is 0 Å². The lowest BCUT2D eigenvalue weighted by Crippen LogP contribution is -2.57. The fraction of sp³-hybridized carbons (Fsp3) is 0. The Kier molecular flexibility index (Phi) is 7.81. The molecule has 0 spiro atoms. The molecule has 2 aromatic heterocycles. The molecule has 316 valence electrons. The quantitative estimate of drug-likeness (QED) is 0.128. The first kappa shape index (κ1) is 37.2. The van der Waals surface area contributed by atoms with Crippen molar-refractivity contribution in [2.75, 3.05) is 0 Å². The second kappa shape index (κ2) is 14.3. The fourth-order valence-electron chi connectivity index (χ4n) is 11.4. The maximum atomic E-state index is 7.28. The van der Waals surface area contributed by atoms with E-state index in [4.69, 9.17) is 14.2 Å². The van der Waals surface area contributed by atoms with E-state index in [0.717, 1.165) is 72.5 Å². The Hall–Kier alpha value is -9.00. The molecule has 0 saturated carbocycles. The third-order valence-electron chi connectivity index (χ3n) is 14.3. The van der Waals surface area contributed by atoms with Crippen LogP contribution in [0.2, 0.25) is 0 Å². The molecule has 0 bridgehead atoms. The van der Waals surface area contributed by atoms with E-state index in [1.807, 2.05) is 18.2 Å². The van der Waals surface area contributed by atoms with Crippen LogP contribution in [-0.2, 0) is 0 Å². The summed E-state index contributed by atoms with van der Waals surface area (Å²) in [6, 6.07) is 79.7. The van der Waals surface area contributed by atoms with Gasteiger partial charge in [0.2, 0.25) is 0 Å². The molecule has 0 unspecified atom stereocenters. The van der Waals surface area contributed by atoms with Crippen molar-refractivity contribution in [2.45, 2.75) is 0 Å². The monoisotopic (exact) mass is 868 g/mol. The van der Waals surface area contributed by atoms with Crippen LogP contribution in [0.3, 0.4) is 0 Å². The number of ether oxygens (including phenoxy) is 3. The molecule has 11 aromatic carbocycles. The van der Waals surface area contributed by atoms with Gasteiger partial charge in [-0.05, 0) is 98.2 Å². The molecule has 2 aliphatic heterocycles. The SMILES string of the molecule is c1cc(Oc2cc3c4c(c2)Oc2c(cccc2-n2c5ccccc5c5ccccc52)B4c2cccc(-n4c5ccccc5c5ccccc54)c2O3)cc(-c2cc3ccccc3c3ccccc23)c1. The maximum Gasteiger partial charge on any atom is 0.260 e. The van der Waals surface area contributed by atoms with Gasteiger partial charge in [-0.15, -0.1) is 0 Å². The number of aromatic nitrogens is 2. The highest BCUT2D eigenvalue weighted by molar-refractivity contribution is 6.98. The van der Waals surface area contributed by atoms with Crippen molar-refractivity contribution in [3.8, 4) is 57.0 Å². The number of fused-ring (bicyclic) bond motifs is 13.